The van der Waals surface area contributed by atoms with Gasteiger partial charge in [-0.25, -0.2) is 0 Å². The minimum absolute atomic E-state index is 0. The van der Waals surface area contributed by atoms with Crippen molar-refractivity contribution in [1.29, 1.82) is 0 Å². The molecule has 0 aliphatic heterocycles. The fourth-order valence-corrected chi connectivity index (χ4v) is 0. The zero-order chi connectivity index (χ0) is 14.3. The molecule has 0 amide bonds. The van der Waals surface area contributed by atoms with Gasteiger partial charge in [-0.3, -0.25) is 0 Å². The van der Waals surface area contributed by atoms with Crippen LogP contribution in [0.5, 0.6) is 0 Å². The van der Waals surface area contributed by atoms with E-state index in [9.17, 15) is 0 Å². The first-order chi connectivity index (χ1) is 6.93. The van der Waals surface area contributed by atoms with Crippen molar-refractivity contribution in [2.24, 2.45) is 0 Å². The third-order valence-electron chi connectivity index (χ3n) is 0. The molecule has 0 aromatic rings. The van der Waals surface area contributed by atoms with E-state index in [0.717, 1.165) is 27.7 Å². The Bertz CT molecular complexity index is 167. The number of aliphatic carboxylic acids is 4. The summed E-state index contributed by atoms with van der Waals surface area (Å²) in [6, 6.07) is 0. The van der Waals surface area contributed by atoms with Crippen molar-refractivity contribution in [1.82, 2.24) is 0 Å². The van der Waals surface area contributed by atoms with Crippen molar-refractivity contribution in [2.45, 2.75) is 27.7 Å². The van der Waals surface area contributed by atoms with Crippen LogP contribution in [0.4, 0.5) is 0 Å². The van der Waals surface area contributed by atoms with Crippen LogP contribution in [-0.4, -0.2) is 23.9 Å². The molecule has 18 heavy (non-hydrogen) atoms. The molecule has 0 atom stereocenters. The molecule has 10 heteroatoms. The van der Waals surface area contributed by atoms with E-state index < -0.39 is 23.9 Å². The third kappa shape index (κ3) is 2350. The van der Waals surface area contributed by atoms with Gasteiger partial charge in [-0.2, -0.15) is 0 Å². The zero-order valence-corrected chi connectivity index (χ0v) is 11.8. The summed E-state index contributed by atoms with van der Waals surface area (Å²) in [5, 5.41) is 35.6. The third-order valence-corrected chi connectivity index (χ3v) is 0. The van der Waals surface area contributed by atoms with Gasteiger partial charge >= 0.3 is 33.6 Å². The van der Waals surface area contributed by atoms with Gasteiger partial charge in [0.05, 0.1) is 0 Å². The van der Waals surface area contributed by atoms with Crippen LogP contribution in [0.3, 0.4) is 0 Å². The second kappa shape index (κ2) is 29.7. The van der Waals surface area contributed by atoms with Gasteiger partial charge in [0.2, 0.25) is 0 Å². The maximum atomic E-state index is 8.89. The van der Waals surface area contributed by atoms with Gasteiger partial charge in [0, 0.05) is 23.9 Å². The van der Waals surface area contributed by atoms with E-state index >= 15 is 0 Å². The van der Waals surface area contributed by atoms with Crippen LogP contribution < -0.4 is 20.4 Å². The average molecular weight is 358 g/mol. The van der Waals surface area contributed by atoms with Gasteiger partial charge in [-0.15, -0.1) is 0 Å². The molecule has 0 bridgehead atoms. The molecule has 0 spiro atoms. The fraction of sp³-hybridized carbons (Fsp3) is 0.500. The van der Waals surface area contributed by atoms with Gasteiger partial charge in [-0.1, -0.05) is 0 Å². The van der Waals surface area contributed by atoms with Crippen molar-refractivity contribution < 1.29 is 73.2 Å². The first kappa shape index (κ1) is 36.0. The van der Waals surface area contributed by atoms with Crippen LogP contribution in [0.1, 0.15) is 27.7 Å². The van der Waals surface area contributed by atoms with Gasteiger partial charge in [-0.05, 0) is 27.7 Å². The van der Waals surface area contributed by atoms with E-state index in [1.807, 2.05) is 0 Å². The first-order valence-corrected chi connectivity index (χ1v) is 3.63. The molecule has 0 fully saturated rings. The van der Waals surface area contributed by atoms with Crippen LogP contribution in [0.2, 0.25) is 0 Å². The molecule has 0 aromatic carbocycles. The van der Waals surface area contributed by atoms with Crippen molar-refractivity contribution in [3.63, 3.8) is 0 Å². The van der Waals surface area contributed by atoms with Gasteiger partial charge < -0.3 is 39.6 Å². The van der Waals surface area contributed by atoms with E-state index in [-0.39, 0.29) is 33.6 Å². The maximum absolute atomic E-state index is 8.89. The quantitative estimate of drug-likeness (QED) is 0.389. The number of carbonyl (C=O) groups excluding carboxylic acids is 4. The topological polar surface area (TPSA) is 161 Å². The zero-order valence-electron chi connectivity index (χ0n) is 9.88. The monoisotopic (exact) mass is 357 g/mol. The van der Waals surface area contributed by atoms with E-state index in [1.165, 1.54) is 0 Å². The molecule has 8 nitrogen and oxygen atoms in total. The second-order valence-electron chi connectivity index (χ2n) is 1.97. The van der Waals surface area contributed by atoms with E-state index in [4.69, 9.17) is 39.6 Å². The molecule has 0 heterocycles. The standard InChI is InChI=1S/4C2H4O2.Cu.Ni/c4*1-2(3)4;;/h4*1H3,(H,3,4);;/q;;;;2*+2/p-4. The summed E-state index contributed by atoms with van der Waals surface area (Å²) in [5.41, 5.74) is 0. The number of hydrogen-bond donors (Lipinski definition) is 0. The van der Waals surface area contributed by atoms with Crippen LogP contribution in [0, 0.1) is 0 Å². The Morgan fingerprint density at radius 1 is 0.556 bits per heavy atom. The molecule has 0 rings (SSSR count). The molecule has 0 aliphatic carbocycles. The summed E-state index contributed by atoms with van der Waals surface area (Å²) in [4.78, 5) is 35.6. The van der Waals surface area contributed by atoms with Crippen molar-refractivity contribution in [3.05, 3.63) is 0 Å². The smallest absolute Gasteiger partial charge is 0.550 e. The van der Waals surface area contributed by atoms with Crippen LogP contribution in [-0.2, 0) is 52.7 Å². The van der Waals surface area contributed by atoms with E-state index in [2.05, 4.69) is 0 Å². The van der Waals surface area contributed by atoms with Crippen molar-refractivity contribution in [2.75, 3.05) is 0 Å². The Kier molecular flexibility index (Phi) is 59.4. The fourth-order valence-electron chi connectivity index (χ4n) is 0. The number of carboxylic acids is 4. The van der Waals surface area contributed by atoms with Crippen LogP contribution >= 0.6 is 0 Å². The maximum Gasteiger partial charge on any atom is 2.00 e. The SMILES string of the molecule is CC(=O)[O-].CC(=O)[O-].CC(=O)[O-].CC(=O)[O-].[Cu+2].[Ni+2]. The molecule has 0 saturated carbocycles. The molecular weight excluding hydrogens is 346 g/mol. The number of rotatable bonds is 0. The summed E-state index contributed by atoms with van der Waals surface area (Å²) in [7, 11) is 0. The minimum Gasteiger partial charge on any atom is -0.550 e. The van der Waals surface area contributed by atoms with Crippen LogP contribution in [0.25, 0.3) is 0 Å². The number of carboxylic acid groups (broad SMARTS) is 4. The predicted octanol–water partition coefficient (Wildman–Crippen LogP) is -4.98. The van der Waals surface area contributed by atoms with E-state index in [0.29, 0.717) is 0 Å². The van der Waals surface area contributed by atoms with Crippen LogP contribution in [0.15, 0.2) is 0 Å². The Morgan fingerprint density at radius 2 is 0.556 bits per heavy atom. The summed E-state index contributed by atoms with van der Waals surface area (Å²) in [5.74, 6) is -4.33. The van der Waals surface area contributed by atoms with E-state index in [1.54, 1.807) is 0 Å². The normalized spacial score (nSPS) is 5.56. The molecule has 0 saturated heterocycles. The predicted molar refractivity (Wildman–Crippen MR) is 42.7 cm³/mol. The average Bonchev–Trinajstić information content (AvgIpc) is 1.76. The number of hydrogen-bond acceptors (Lipinski definition) is 8. The summed E-state index contributed by atoms with van der Waals surface area (Å²) in [6.45, 7) is 3.89. The largest absolute Gasteiger partial charge is 2.00 e. The summed E-state index contributed by atoms with van der Waals surface area (Å²) < 4.78 is 0. The molecule has 0 unspecified atom stereocenters. The van der Waals surface area contributed by atoms with Gasteiger partial charge in [0.25, 0.3) is 0 Å². The molecule has 0 aliphatic rings. The van der Waals surface area contributed by atoms with Gasteiger partial charge in [0.15, 0.2) is 0 Å². The van der Waals surface area contributed by atoms with Crippen molar-refractivity contribution in [3.8, 4) is 0 Å². The Labute approximate surface area is 125 Å². The molecule has 0 N–H and O–H groups in total. The van der Waals surface area contributed by atoms with Crippen molar-refractivity contribution >= 4 is 23.9 Å². The second-order valence-corrected chi connectivity index (χ2v) is 1.97. The molecule has 0 aromatic heterocycles. The molecular formula is C8H12CuNiO8. The Morgan fingerprint density at radius 3 is 0.556 bits per heavy atom. The Hall–Kier alpha value is -1.11. The number of carbonyl (C=O) groups is 4. The van der Waals surface area contributed by atoms with Gasteiger partial charge in [0.1, 0.15) is 0 Å². The summed E-state index contributed by atoms with van der Waals surface area (Å²) >= 11 is 0. The minimum atomic E-state index is -1.08. The molecule has 113 valence electrons. The Balaban J connectivity index is -0.0000000257. The first-order valence-electron chi connectivity index (χ1n) is 3.63. The molecule has 1 radical (unpaired) electrons. The summed E-state index contributed by atoms with van der Waals surface area (Å²) in [6.07, 6.45) is 0.